The lowest BCUT2D eigenvalue weighted by atomic mass is 10.2. The third kappa shape index (κ3) is 8.61. The number of carbonyl (C=O) groups is 3. The van der Waals surface area contributed by atoms with E-state index in [1.807, 2.05) is 0 Å². The van der Waals surface area contributed by atoms with Crippen LogP contribution in [0.25, 0.3) is 0 Å². The topological polar surface area (TPSA) is 122 Å². The lowest BCUT2D eigenvalue weighted by molar-refractivity contribution is -0.403. The molecule has 0 aliphatic heterocycles. The van der Waals surface area contributed by atoms with Gasteiger partial charge < -0.3 is 14.2 Å². The van der Waals surface area contributed by atoms with Crippen LogP contribution < -0.4 is 0 Å². The summed E-state index contributed by atoms with van der Waals surface area (Å²) in [6.07, 6.45) is -0.936. The number of ether oxygens (including phenoxy) is 3. The Bertz CT molecular complexity index is 417. The third-order valence-corrected chi connectivity index (χ3v) is 1.83. The molecule has 112 valence electrons. The molecule has 0 unspecified atom stereocenters. The van der Waals surface area contributed by atoms with Crippen molar-refractivity contribution < 1.29 is 33.5 Å². The summed E-state index contributed by atoms with van der Waals surface area (Å²) in [5.41, 5.74) is 0. The molecular weight excluding hydrogens is 274 g/mol. The number of nitro groups is 1. The highest BCUT2D eigenvalue weighted by molar-refractivity contribution is 5.68. The van der Waals surface area contributed by atoms with Crippen molar-refractivity contribution in [2.75, 3.05) is 6.61 Å². The summed E-state index contributed by atoms with van der Waals surface area (Å²) in [6, 6.07) is 0. The van der Waals surface area contributed by atoms with E-state index < -0.39 is 41.6 Å². The summed E-state index contributed by atoms with van der Waals surface area (Å²) >= 11 is 0. The maximum atomic E-state index is 11.0. The van der Waals surface area contributed by atoms with Crippen molar-refractivity contribution in [3.8, 4) is 0 Å². The molecule has 0 bridgehead atoms. The number of hydrogen-bond acceptors (Lipinski definition) is 8. The Kier molecular flexibility index (Phi) is 7.56. The molecule has 0 saturated carbocycles. The van der Waals surface area contributed by atoms with Crippen LogP contribution in [0.5, 0.6) is 0 Å². The second kappa shape index (κ2) is 8.62. The maximum absolute atomic E-state index is 11.0. The maximum Gasteiger partial charge on any atom is 0.303 e. The van der Waals surface area contributed by atoms with Gasteiger partial charge in [-0.05, 0) is 0 Å². The van der Waals surface area contributed by atoms with Gasteiger partial charge in [0.2, 0.25) is 6.20 Å². The zero-order valence-corrected chi connectivity index (χ0v) is 11.2. The molecule has 0 saturated heterocycles. The summed E-state index contributed by atoms with van der Waals surface area (Å²) in [5, 5.41) is 10.3. The average molecular weight is 289 g/mol. The molecule has 0 amide bonds. The van der Waals surface area contributed by atoms with Crippen molar-refractivity contribution in [3.63, 3.8) is 0 Å². The van der Waals surface area contributed by atoms with Gasteiger partial charge in [-0.2, -0.15) is 0 Å². The number of carbonyl (C=O) groups excluding carboxylic acids is 3. The highest BCUT2D eigenvalue weighted by atomic mass is 16.6. The monoisotopic (exact) mass is 289 g/mol. The smallest absolute Gasteiger partial charge is 0.303 e. The van der Waals surface area contributed by atoms with E-state index in [0.717, 1.165) is 26.8 Å². The molecule has 0 aromatic carbocycles. The molecule has 0 aliphatic carbocycles. The minimum atomic E-state index is -1.24. The first-order valence-corrected chi connectivity index (χ1v) is 5.52. The first kappa shape index (κ1) is 17.6. The van der Waals surface area contributed by atoms with Crippen LogP contribution in [-0.2, 0) is 28.6 Å². The van der Waals surface area contributed by atoms with Crippen LogP contribution in [0.1, 0.15) is 20.8 Å². The van der Waals surface area contributed by atoms with Crippen LogP contribution in [0.3, 0.4) is 0 Å². The van der Waals surface area contributed by atoms with E-state index in [4.69, 9.17) is 9.47 Å². The van der Waals surface area contributed by atoms with Gasteiger partial charge in [-0.1, -0.05) is 0 Å². The van der Waals surface area contributed by atoms with E-state index in [2.05, 4.69) is 4.74 Å². The van der Waals surface area contributed by atoms with Gasteiger partial charge in [0, 0.05) is 26.8 Å². The molecule has 0 aliphatic rings. The molecule has 0 heterocycles. The van der Waals surface area contributed by atoms with E-state index in [-0.39, 0.29) is 0 Å². The molecule has 9 heteroatoms. The molecule has 0 N–H and O–H groups in total. The Morgan fingerprint density at radius 2 is 1.65 bits per heavy atom. The van der Waals surface area contributed by atoms with Crippen molar-refractivity contribution >= 4 is 17.9 Å². The molecule has 0 rings (SSSR count). The Hall–Kier alpha value is -2.45. The predicted molar refractivity (Wildman–Crippen MR) is 63.9 cm³/mol. The third-order valence-electron chi connectivity index (χ3n) is 1.83. The first-order chi connectivity index (χ1) is 9.22. The highest BCUT2D eigenvalue weighted by Crippen LogP contribution is 2.09. The minimum absolute atomic E-state index is 0.394. The summed E-state index contributed by atoms with van der Waals surface area (Å²) in [6.45, 7) is 2.93. The Morgan fingerprint density at radius 3 is 2.05 bits per heavy atom. The summed E-state index contributed by atoms with van der Waals surface area (Å²) < 4.78 is 14.3. The first-order valence-electron chi connectivity index (χ1n) is 5.52. The molecule has 9 nitrogen and oxygen atoms in total. The molecule has 0 radical (unpaired) electrons. The van der Waals surface area contributed by atoms with Crippen molar-refractivity contribution in [1.82, 2.24) is 0 Å². The van der Waals surface area contributed by atoms with Crippen molar-refractivity contribution in [3.05, 3.63) is 22.4 Å². The standard InChI is InChI=1S/C11H15NO8/c1-7(13)18-6-11(20-9(3)15)10(19-8(2)14)4-5-12(16)17/h4-5,10-11H,6H2,1-3H3/b5-4+/t10-,11+/m1/s1. The molecule has 20 heavy (non-hydrogen) atoms. The summed E-state index contributed by atoms with van der Waals surface area (Å²) in [4.78, 5) is 42.2. The highest BCUT2D eigenvalue weighted by Gasteiger charge is 2.27. The molecular formula is C11H15NO8. The Balaban J connectivity index is 5.03. The van der Waals surface area contributed by atoms with Gasteiger partial charge in [-0.15, -0.1) is 0 Å². The van der Waals surface area contributed by atoms with Crippen molar-refractivity contribution in [2.45, 2.75) is 33.0 Å². The average Bonchev–Trinajstić information content (AvgIpc) is 2.28. The number of rotatable bonds is 7. The van der Waals surface area contributed by atoms with Crippen molar-refractivity contribution in [1.29, 1.82) is 0 Å². The second-order valence-corrected chi connectivity index (χ2v) is 3.65. The van der Waals surface area contributed by atoms with Gasteiger partial charge in [-0.25, -0.2) is 0 Å². The molecule has 0 fully saturated rings. The van der Waals surface area contributed by atoms with Gasteiger partial charge in [0.05, 0.1) is 4.92 Å². The normalized spacial score (nSPS) is 13.3. The van der Waals surface area contributed by atoms with Gasteiger partial charge in [-0.3, -0.25) is 24.5 Å². The van der Waals surface area contributed by atoms with E-state index in [9.17, 15) is 24.5 Å². The van der Waals surface area contributed by atoms with Crippen LogP contribution in [0, 0.1) is 10.1 Å². The fourth-order valence-corrected chi connectivity index (χ4v) is 1.19. The number of hydrogen-bond donors (Lipinski definition) is 0. The van der Waals surface area contributed by atoms with Gasteiger partial charge in [0.15, 0.2) is 12.2 Å². The van der Waals surface area contributed by atoms with E-state index in [0.29, 0.717) is 6.20 Å². The Morgan fingerprint density at radius 1 is 1.10 bits per heavy atom. The van der Waals surface area contributed by atoms with Crippen LogP contribution in [0.15, 0.2) is 12.3 Å². The van der Waals surface area contributed by atoms with E-state index >= 15 is 0 Å². The number of nitrogens with zero attached hydrogens (tertiary/aromatic N) is 1. The van der Waals surface area contributed by atoms with Crippen LogP contribution in [-0.4, -0.2) is 41.6 Å². The lowest BCUT2D eigenvalue weighted by Crippen LogP contribution is -2.37. The van der Waals surface area contributed by atoms with Gasteiger partial charge >= 0.3 is 17.9 Å². The van der Waals surface area contributed by atoms with Crippen LogP contribution in [0.2, 0.25) is 0 Å². The molecule has 0 aromatic heterocycles. The summed E-state index contributed by atoms with van der Waals surface area (Å²) in [7, 11) is 0. The largest absolute Gasteiger partial charge is 0.462 e. The fourth-order valence-electron chi connectivity index (χ4n) is 1.19. The zero-order valence-electron chi connectivity index (χ0n) is 11.2. The zero-order chi connectivity index (χ0) is 15.7. The number of esters is 3. The van der Waals surface area contributed by atoms with Crippen LogP contribution in [0.4, 0.5) is 0 Å². The van der Waals surface area contributed by atoms with Crippen molar-refractivity contribution in [2.24, 2.45) is 0 Å². The Labute approximate surface area is 114 Å². The summed E-state index contributed by atoms with van der Waals surface area (Å²) in [5.74, 6) is -2.08. The van der Waals surface area contributed by atoms with Crippen LogP contribution >= 0.6 is 0 Å². The van der Waals surface area contributed by atoms with E-state index in [1.165, 1.54) is 0 Å². The molecule has 0 aromatic rings. The van der Waals surface area contributed by atoms with E-state index in [1.54, 1.807) is 0 Å². The SMILES string of the molecule is CC(=O)OC[C@H](OC(C)=O)[C@@H](/C=C/[N+](=O)[O-])OC(C)=O. The minimum Gasteiger partial charge on any atom is -0.462 e. The lowest BCUT2D eigenvalue weighted by Gasteiger charge is -2.22. The second-order valence-electron chi connectivity index (χ2n) is 3.65. The van der Waals surface area contributed by atoms with Gasteiger partial charge in [0.25, 0.3) is 0 Å². The molecule has 2 atom stereocenters. The van der Waals surface area contributed by atoms with Gasteiger partial charge in [0.1, 0.15) is 6.61 Å². The quantitative estimate of drug-likeness (QED) is 0.282. The fraction of sp³-hybridized carbons (Fsp3) is 0.545. The predicted octanol–water partition coefficient (Wildman–Crippen LogP) is 0.203. The molecule has 0 spiro atoms.